The summed E-state index contributed by atoms with van der Waals surface area (Å²) in [6.45, 7) is 1.35. The summed E-state index contributed by atoms with van der Waals surface area (Å²) >= 11 is 0. The maximum atomic E-state index is 11.9. The molecule has 0 spiro atoms. The van der Waals surface area contributed by atoms with E-state index in [0.29, 0.717) is 0 Å². The molecular weight excluding hydrogens is 250 g/mol. The molecule has 0 aliphatic carbocycles. The van der Waals surface area contributed by atoms with Gasteiger partial charge < -0.3 is 10.1 Å². The predicted molar refractivity (Wildman–Crippen MR) is 57.1 cm³/mol. The Morgan fingerprint density at radius 2 is 2.00 bits per heavy atom. The highest BCUT2D eigenvalue weighted by Gasteiger charge is 2.44. The molecule has 1 aliphatic rings. The van der Waals surface area contributed by atoms with E-state index in [-0.39, 0.29) is 13.1 Å². The van der Waals surface area contributed by atoms with Gasteiger partial charge in [0.15, 0.2) is 4.90 Å². The highest BCUT2D eigenvalue weighted by molar-refractivity contribution is 7.89. The van der Waals surface area contributed by atoms with E-state index in [1.54, 1.807) is 0 Å². The van der Waals surface area contributed by atoms with Gasteiger partial charge in [0.1, 0.15) is 0 Å². The fourth-order valence-electron chi connectivity index (χ4n) is 1.61. The maximum absolute atomic E-state index is 11.9. The summed E-state index contributed by atoms with van der Waals surface area (Å²) in [4.78, 5) is 25.5. The van der Waals surface area contributed by atoms with Gasteiger partial charge >= 0.3 is 5.69 Å². The van der Waals surface area contributed by atoms with Crippen LogP contribution in [-0.4, -0.2) is 46.5 Å². The molecule has 1 fully saturated rings. The third-order valence-corrected chi connectivity index (χ3v) is 4.23. The molecule has 0 aromatic carbocycles. The molecule has 0 atom stereocenters. The molecule has 0 unspecified atom stereocenters. The molecule has 3 N–H and O–H groups in total. The lowest BCUT2D eigenvalue weighted by Crippen LogP contribution is -2.62. The number of β-amino-alcohol motifs (C(OH)–C–C–N with tert-alkyl or cyclic N) is 1. The average molecular weight is 261 g/mol. The van der Waals surface area contributed by atoms with Crippen LogP contribution >= 0.6 is 0 Å². The number of sulfonamides is 1. The van der Waals surface area contributed by atoms with Crippen molar-refractivity contribution < 1.29 is 13.5 Å². The van der Waals surface area contributed by atoms with E-state index in [4.69, 9.17) is 0 Å². The molecule has 9 heteroatoms. The first kappa shape index (κ1) is 12.0. The zero-order valence-corrected chi connectivity index (χ0v) is 9.74. The number of rotatable bonds is 2. The van der Waals surface area contributed by atoms with Crippen molar-refractivity contribution in [3.63, 3.8) is 0 Å². The number of aromatic amines is 2. The molecule has 0 radical (unpaired) electrons. The van der Waals surface area contributed by atoms with Crippen molar-refractivity contribution in [2.45, 2.75) is 17.4 Å². The second kappa shape index (κ2) is 3.52. The molecule has 2 heterocycles. The molecule has 1 aliphatic heterocycles. The van der Waals surface area contributed by atoms with E-state index in [1.807, 2.05) is 4.98 Å². The Kier molecular flexibility index (Phi) is 2.49. The number of aromatic nitrogens is 2. The third kappa shape index (κ3) is 2.04. The van der Waals surface area contributed by atoms with E-state index >= 15 is 0 Å². The van der Waals surface area contributed by atoms with Gasteiger partial charge in [-0.3, -0.25) is 9.78 Å². The topological polar surface area (TPSA) is 123 Å². The second-order valence-corrected chi connectivity index (χ2v) is 6.11. The summed E-state index contributed by atoms with van der Waals surface area (Å²) in [6, 6.07) is 0. The second-order valence-electron chi connectivity index (χ2n) is 4.21. The molecule has 1 aromatic heterocycles. The molecule has 17 heavy (non-hydrogen) atoms. The molecule has 1 saturated heterocycles. The lowest BCUT2D eigenvalue weighted by molar-refractivity contribution is -0.0426. The molecule has 0 amide bonds. The van der Waals surface area contributed by atoms with E-state index in [1.165, 1.54) is 6.92 Å². The lowest BCUT2D eigenvalue weighted by Gasteiger charge is -2.42. The van der Waals surface area contributed by atoms with Crippen LogP contribution in [0.15, 0.2) is 20.7 Å². The number of nitrogens with one attached hydrogen (secondary N) is 2. The van der Waals surface area contributed by atoms with Gasteiger partial charge in [0.25, 0.3) is 5.56 Å². The summed E-state index contributed by atoms with van der Waals surface area (Å²) in [6.07, 6.45) is 0.851. The van der Waals surface area contributed by atoms with Crippen molar-refractivity contribution in [1.82, 2.24) is 14.3 Å². The fourth-order valence-corrected chi connectivity index (χ4v) is 3.28. The van der Waals surface area contributed by atoms with Crippen LogP contribution in [0.5, 0.6) is 0 Å². The van der Waals surface area contributed by atoms with Gasteiger partial charge in [-0.1, -0.05) is 0 Å². The van der Waals surface area contributed by atoms with Crippen LogP contribution in [0.25, 0.3) is 0 Å². The van der Waals surface area contributed by atoms with E-state index < -0.39 is 31.8 Å². The summed E-state index contributed by atoms with van der Waals surface area (Å²) in [5, 5.41) is 9.46. The first-order valence-corrected chi connectivity index (χ1v) is 6.21. The smallest absolute Gasteiger partial charge is 0.325 e. The van der Waals surface area contributed by atoms with Crippen LogP contribution in [0, 0.1) is 0 Å². The van der Waals surface area contributed by atoms with Crippen LogP contribution in [-0.2, 0) is 10.0 Å². The van der Waals surface area contributed by atoms with Crippen LogP contribution < -0.4 is 11.2 Å². The van der Waals surface area contributed by atoms with Gasteiger partial charge in [0.05, 0.1) is 5.60 Å². The van der Waals surface area contributed by atoms with E-state index in [0.717, 1.165) is 10.5 Å². The van der Waals surface area contributed by atoms with Gasteiger partial charge in [-0.2, -0.15) is 4.31 Å². The Hall–Kier alpha value is -1.45. The molecule has 1 aromatic rings. The first-order valence-electron chi connectivity index (χ1n) is 4.77. The highest BCUT2D eigenvalue weighted by atomic mass is 32.2. The van der Waals surface area contributed by atoms with Crippen molar-refractivity contribution >= 4 is 10.0 Å². The van der Waals surface area contributed by atoms with Crippen LogP contribution in [0.4, 0.5) is 0 Å². The fraction of sp³-hybridized carbons (Fsp3) is 0.500. The monoisotopic (exact) mass is 261 g/mol. The number of hydrogen-bond acceptors (Lipinski definition) is 5. The summed E-state index contributed by atoms with van der Waals surface area (Å²) in [5.74, 6) is 0. The first-order chi connectivity index (χ1) is 7.72. The predicted octanol–water partition coefficient (Wildman–Crippen LogP) is -2.18. The number of aliphatic hydroxyl groups is 1. The lowest BCUT2D eigenvalue weighted by atomic mass is 10.0. The molecule has 2 rings (SSSR count). The molecule has 94 valence electrons. The van der Waals surface area contributed by atoms with Gasteiger partial charge in [-0.05, 0) is 6.92 Å². The average Bonchev–Trinajstić information content (AvgIpc) is 2.13. The zero-order valence-electron chi connectivity index (χ0n) is 8.93. The molecule has 0 bridgehead atoms. The molecule has 8 nitrogen and oxygen atoms in total. The quantitative estimate of drug-likeness (QED) is 0.558. The SMILES string of the molecule is CC1(O)CN(S(=O)(=O)c2c[nH]c(=O)[nH]c2=O)C1. The van der Waals surface area contributed by atoms with Gasteiger partial charge in [0.2, 0.25) is 10.0 Å². The standard InChI is InChI=1S/C8H11N3O5S/c1-8(14)3-11(4-8)17(15,16)5-2-9-7(13)10-6(5)12/h2,14H,3-4H2,1H3,(H2,9,10,12,13). The van der Waals surface area contributed by atoms with Gasteiger partial charge in [0, 0.05) is 19.3 Å². The van der Waals surface area contributed by atoms with Gasteiger partial charge in [-0.25, -0.2) is 13.2 Å². The largest absolute Gasteiger partial charge is 0.387 e. The normalized spacial score (nSPS) is 19.9. The Labute approximate surface area is 96.0 Å². The van der Waals surface area contributed by atoms with Crippen LogP contribution in [0.1, 0.15) is 6.92 Å². The zero-order chi connectivity index (χ0) is 12.8. The van der Waals surface area contributed by atoms with Crippen molar-refractivity contribution in [2.75, 3.05) is 13.1 Å². The molecule has 0 saturated carbocycles. The third-order valence-electron chi connectivity index (χ3n) is 2.44. The maximum Gasteiger partial charge on any atom is 0.325 e. The van der Waals surface area contributed by atoms with Gasteiger partial charge in [-0.15, -0.1) is 0 Å². The summed E-state index contributed by atoms with van der Waals surface area (Å²) in [7, 11) is -3.96. The summed E-state index contributed by atoms with van der Waals surface area (Å²) < 4.78 is 24.8. The Morgan fingerprint density at radius 1 is 1.41 bits per heavy atom. The minimum atomic E-state index is -3.96. The summed E-state index contributed by atoms with van der Waals surface area (Å²) in [5.41, 5.74) is -2.81. The molecular formula is C8H11N3O5S. The van der Waals surface area contributed by atoms with Crippen molar-refractivity contribution in [3.05, 3.63) is 27.0 Å². The highest BCUT2D eigenvalue weighted by Crippen LogP contribution is 2.25. The van der Waals surface area contributed by atoms with E-state index in [2.05, 4.69) is 4.98 Å². The number of nitrogens with zero attached hydrogens (tertiary/aromatic N) is 1. The minimum Gasteiger partial charge on any atom is -0.387 e. The number of hydrogen-bond donors (Lipinski definition) is 3. The van der Waals surface area contributed by atoms with Crippen molar-refractivity contribution in [3.8, 4) is 0 Å². The van der Waals surface area contributed by atoms with Crippen molar-refractivity contribution in [2.24, 2.45) is 0 Å². The minimum absolute atomic E-state index is 0.0755. The van der Waals surface area contributed by atoms with Crippen molar-refractivity contribution in [1.29, 1.82) is 0 Å². The van der Waals surface area contributed by atoms with E-state index in [9.17, 15) is 23.1 Å². The Balaban J connectivity index is 2.40. The number of H-pyrrole nitrogens is 2. The van der Waals surface area contributed by atoms with Crippen LogP contribution in [0.2, 0.25) is 0 Å². The Bertz CT molecular complexity index is 648. The Morgan fingerprint density at radius 3 is 2.47 bits per heavy atom. The van der Waals surface area contributed by atoms with Crippen LogP contribution in [0.3, 0.4) is 0 Å².